The topological polar surface area (TPSA) is 110 Å². The highest BCUT2D eigenvalue weighted by Gasteiger charge is 2.31. The Labute approximate surface area is 224 Å². The van der Waals surface area contributed by atoms with Gasteiger partial charge in [0.2, 0.25) is 5.91 Å². The number of amides is 1. The molecule has 0 saturated carbocycles. The lowest BCUT2D eigenvalue weighted by Gasteiger charge is -2.24. The van der Waals surface area contributed by atoms with Gasteiger partial charge in [-0.15, -0.1) is 0 Å². The van der Waals surface area contributed by atoms with Gasteiger partial charge < -0.3 is 20.5 Å². The summed E-state index contributed by atoms with van der Waals surface area (Å²) < 4.78 is 68.7. The number of halogens is 3. The van der Waals surface area contributed by atoms with E-state index in [-0.39, 0.29) is 28.9 Å². The van der Waals surface area contributed by atoms with Crippen LogP contribution < -0.4 is 15.4 Å². The molecule has 1 aliphatic heterocycles. The molecule has 3 N–H and O–H groups in total. The molecule has 0 radical (unpaired) electrons. The average molecular weight is 563 g/mol. The molecule has 1 fully saturated rings. The van der Waals surface area contributed by atoms with Crippen molar-refractivity contribution in [2.24, 2.45) is 5.73 Å². The van der Waals surface area contributed by atoms with Crippen molar-refractivity contribution in [3.63, 3.8) is 0 Å². The first-order valence-corrected chi connectivity index (χ1v) is 14.0. The Kier molecular flexibility index (Phi) is 8.22. The number of aliphatic hydroxyl groups is 1. The number of anilines is 1. The van der Waals surface area contributed by atoms with Gasteiger partial charge in [-0.3, -0.25) is 4.79 Å². The van der Waals surface area contributed by atoms with Gasteiger partial charge in [0.25, 0.3) is 0 Å². The molecule has 39 heavy (non-hydrogen) atoms. The number of sulfone groups is 1. The van der Waals surface area contributed by atoms with E-state index in [1.807, 2.05) is 4.90 Å². The molecule has 2 atom stereocenters. The highest BCUT2D eigenvalue weighted by atomic mass is 32.2. The number of nitrogens with two attached hydrogens (primary N) is 1. The molecule has 208 valence electrons. The number of carbonyl (C=O) groups is 1. The quantitative estimate of drug-likeness (QED) is 0.401. The van der Waals surface area contributed by atoms with Gasteiger partial charge in [-0.05, 0) is 65.7 Å². The third-order valence-corrected chi connectivity index (χ3v) is 8.63. The van der Waals surface area contributed by atoms with Gasteiger partial charge in [-0.2, -0.15) is 13.2 Å². The number of ether oxygens (including phenoxy) is 1. The number of primary amides is 1. The van der Waals surface area contributed by atoms with E-state index in [1.54, 1.807) is 37.3 Å². The summed E-state index contributed by atoms with van der Waals surface area (Å²) in [6.45, 7) is 2.28. The average Bonchev–Trinajstić information content (AvgIpc) is 3.37. The molecular formula is C28H29F3N2O5S. The zero-order valence-corrected chi connectivity index (χ0v) is 22.0. The van der Waals surface area contributed by atoms with Crippen molar-refractivity contribution in [3.05, 3.63) is 89.0 Å². The molecule has 0 spiro atoms. The van der Waals surface area contributed by atoms with Gasteiger partial charge >= 0.3 is 6.18 Å². The van der Waals surface area contributed by atoms with Crippen molar-refractivity contribution in [2.75, 3.05) is 30.3 Å². The number of aliphatic hydroxyl groups excluding tert-OH is 1. The van der Waals surface area contributed by atoms with E-state index in [0.717, 1.165) is 17.8 Å². The number of hydrogen-bond acceptors (Lipinski definition) is 6. The van der Waals surface area contributed by atoms with Crippen LogP contribution in [0.4, 0.5) is 18.9 Å². The minimum Gasteiger partial charge on any atom is -0.489 e. The summed E-state index contributed by atoms with van der Waals surface area (Å²) in [6.07, 6.45) is -4.05. The fourth-order valence-electron chi connectivity index (χ4n) is 4.69. The summed E-state index contributed by atoms with van der Waals surface area (Å²) in [7, 11) is -3.39. The number of nitrogens with zero attached hydrogens (tertiary/aromatic N) is 1. The van der Waals surface area contributed by atoms with E-state index in [1.165, 1.54) is 24.3 Å². The zero-order chi connectivity index (χ0) is 28.4. The molecule has 3 aromatic carbocycles. The maximum Gasteiger partial charge on any atom is 0.416 e. The van der Waals surface area contributed by atoms with E-state index in [9.17, 15) is 31.5 Å². The van der Waals surface area contributed by atoms with E-state index < -0.39 is 33.4 Å². The minimum atomic E-state index is -4.42. The summed E-state index contributed by atoms with van der Waals surface area (Å²) in [5.41, 5.74) is 7.00. The van der Waals surface area contributed by atoms with Crippen molar-refractivity contribution in [1.29, 1.82) is 0 Å². The van der Waals surface area contributed by atoms with E-state index in [4.69, 9.17) is 10.5 Å². The first kappa shape index (κ1) is 28.4. The first-order chi connectivity index (χ1) is 18.4. The second-order valence-electron chi connectivity index (χ2n) is 9.34. The van der Waals surface area contributed by atoms with Crippen LogP contribution in [0.15, 0.2) is 71.6 Å². The van der Waals surface area contributed by atoms with Crippen LogP contribution in [-0.2, 0) is 16.0 Å². The second kappa shape index (κ2) is 11.3. The minimum absolute atomic E-state index is 0.0386. The predicted octanol–water partition coefficient (Wildman–Crippen LogP) is 4.38. The number of benzene rings is 3. The number of alkyl halides is 3. The highest BCUT2D eigenvalue weighted by Crippen LogP contribution is 2.34. The van der Waals surface area contributed by atoms with E-state index in [0.29, 0.717) is 36.4 Å². The van der Waals surface area contributed by atoms with Crippen LogP contribution >= 0.6 is 0 Å². The number of rotatable bonds is 9. The van der Waals surface area contributed by atoms with Gasteiger partial charge in [0.1, 0.15) is 11.9 Å². The van der Waals surface area contributed by atoms with Crippen LogP contribution in [0, 0.1) is 0 Å². The van der Waals surface area contributed by atoms with Gasteiger partial charge in [0.15, 0.2) is 9.84 Å². The molecule has 0 aliphatic carbocycles. The normalized spacial score (nSPS) is 16.7. The van der Waals surface area contributed by atoms with Crippen molar-refractivity contribution < 1.29 is 36.2 Å². The Balaban J connectivity index is 1.55. The van der Waals surface area contributed by atoms with Crippen LogP contribution in [-0.4, -0.2) is 51.0 Å². The van der Waals surface area contributed by atoms with Crippen molar-refractivity contribution in [3.8, 4) is 5.75 Å². The summed E-state index contributed by atoms with van der Waals surface area (Å²) >= 11 is 0. The van der Waals surface area contributed by atoms with Crippen LogP contribution in [0.1, 0.15) is 46.3 Å². The molecule has 1 saturated heterocycles. The van der Waals surface area contributed by atoms with E-state index in [2.05, 4.69) is 0 Å². The third kappa shape index (κ3) is 6.36. The van der Waals surface area contributed by atoms with Crippen molar-refractivity contribution in [1.82, 2.24) is 0 Å². The maximum atomic E-state index is 12.8. The number of hydrogen-bond donors (Lipinski definition) is 2. The lowest BCUT2D eigenvalue weighted by Crippen LogP contribution is -2.25. The maximum absolute atomic E-state index is 12.8. The summed E-state index contributed by atoms with van der Waals surface area (Å²) in [5, 5.41) is 10.3. The fourth-order valence-corrected chi connectivity index (χ4v) is 5.57. The fraction of sp³-hybridized carbons (Fsp3) is 0.321. The highest BCUT2D eigenvalue weighted by molar-refractivity contribution is 7.91. The zero-order valence-electron chi connectivity index (χ0n) is 21.2. The van der Waals surface area contributed by atoms with Gasteiger partial charge in [-0.25, -0.2) is 8.42 Å². The molecule has 4 rings (SSSR count). The SMILES string of the molecule is CCS(=O)(=O)c1ccc([C@@H](CO)c2cc(N3CC[C@H](Oc4ccc(C(F)(F)F)cc4)C3)ccc2C(N)=O)cc1. The Bertz CT molecular complexity index is 1430. The Morgan fingerprint density at radius 3 is 2.33 bits per heavy atom. The Morgan fingerprint density at radius 1 is 1.10 bits per heavy atom. The molecular weight excluding hydrogens is 533 g/mol. The smallest absolute Gasteiger partial charge is 0.416 e. The van der Waals surface area contributed by atoms with Gasteiger partial charge in [-0.1, -0.05) is 19.1 Å². The molecule has 11 heteroatoms. The summed E-state index contributed by atoms with van der Waals surface area (Å²) in [6, 6.07) is 15.9. The molecule has 7 nitrogen and oxygen atoms in total. The molecule has 0 bridgehead atoms. The Hall–Kier alpha value is -3.57. The van der Waals surface area contributed by atoms with Crippen LogP contribution in [0.5, 0.6) is 5.75 Å². The van der Waals surface area contributed by atoms with Crippen molar-refractivity contribution >= 4 is 21.4 Å². The predicted molar refractivity (Wildman–Crippen MR) is 141 cm³/mol. The largest absolute Gasteiger partial charge is 0.489 e. The second-order valence-corrected chi connectivity index (χ2v) is 11.6. The van der Waals surface area contributed by atoms with Crippen LogP contribution in [0.2, 0.25) is 0 Å². The molecule has 1 amide bonds. The van der Waals surface area contributed by atoms with Gasteiger partial charge in [0, 0.05) is 30.1 Å². The summed E-state index contributed by atoms with van der Waals surface area (Å²) in [4.78, 5) is 14.4. The standard InChI is InChI=1S/C28H29F3N2O5S/c1-2-39(36,37)23-10-3-18(4-11-23)26(17-34)25-15-20(7-12-24(25)27(32)35)33-14-13-22(16-33)38-21-8-5-19(6-9-21)28(29,30)31/h3-12,15,22,26,34H,2,13-14,16-17H2,1H3,(H2,32,35)/t22-,26+/m0/s1. The lowest BCUT2D eigenvalue weighted by molar-refractivity contribution is -0.137. The number of carbonyl (C=O) groups excluding carboxylic acids is 1. The summed E-state index contributed by atoms with van der Waals surface area (Å²) in [5.74, 6) is -0.991. The Morgan fingerprint density at radius 2 is 1.77 bits per heavy atom. The molecule has 0 unspecified atom stereocenters. The lowest BCUT2D eigenvalue weighted by atomic mass is 9.88. The third-order valence-electron chi connectivity index (χ3n) is 6.87. The van der Waals surface area contributed by atoms with Crippen LogP contribution in [0.25, 0.3) is 0 Å². The molecule has 3 aromatic rings. The van der Waals surface area contributed by atoms with Crippen molar-refractivity contribution in [2.45, 2.75) is 36.4 Å². The van der Waals surface area contributed by atoms with Gasteiger partial charge in [0.05, 0.1) is 29.4 Å². The van der Waals surface area contributed by atoms with Crippen LogP contribution in [0.3, 0.4) is 0 Å². The monoisotopic (exact) mass is 562 g/mol. The van der Waals surface area contributed by atoms with E-state index >= 15 is 0 Å². The molecule has 1 heterocycles. The molecule has 0 aromatic heterocycles. The molecule has 1 aliphatic rings. The first-order valence-electron chi connectivity index (χ1n) is 12.4.